The van der Waals surface area contributed by atoms with Crippen molar-refractivity contribution < 1.29 is 22.6 Å². The molecule has 0 saturated carbocycles. The quantitative estimate of drug-likeness (QED) is 0.128. The Morgan fingerprint density at radius 3 is 1.98 bits per heavy atom. The maximum atomic E-state index is 15.3. The predicted octanol–water partition coefficient (Wildman–Crippen LogP) is 9.02. The van der Waals surface area contributed by atoms with E-state index in [1.165, 1.54) is 18.9 Å². The highest BCUT2D eigenvalue weighted by Gasteiger charge is 2.20. The molecule has 2 saturated heterocycles. The molecule has 4 aromatic rings. The maximum Gasteiger partial charge on any atom is 0.387 e. The van der Waals surface area contributed by atoms with Gasteiger partial charge < -0.3 is 9.47 Å². The van der Waals surface area contributed by atoms with E-state index < -0.39 is 6.61 Å². The summed E-state index contributed by atoms with van der Waals surface area (Å²) in [5.74, 6) is 0.663. The molecule has 2 aliphatic rings. The van der Waals surface area contributed by atoms with E-state index in [0.29, 0.717) is 30.3 Å². The summed E-state index contributed by atoms with van der Waals surface area (Å²) >= 11 is 0. The Labute approximate surface area is 275 Å². The number of halogens is 3. The van der Waals surface area contributed by atoms with Crippen LogP contribution in [-0.4, -0.2) is 55.5 Å². The summed E-state index contributed by atoms with van der Waals surface area (Å²) in [4.78, 5) is 8.98. The highest BCUT2D eigenvalue weighted by molar-refractivity contribution is 5.99. The molecule has 8 heteroatoms. The third kappa shape index (κ3) is 7.55. The molecule has 0 unspecified atom stereocenters. The molecule has 0 spiro atoms. The zero-order valence-corrected chi connectivity index (χ0v) is 27.4. The minimum Gasteiger partial charge on any atom is -0.439 e. The van der Waals surface area contributed by atoms with E-state index in [-0.39, 0.29) is 11.6 Å². The van der Waals surface area contributed by atoms with Crippen molar-refractivity contribution in [3.63, 3.8) is 0 Å². The Morgan fingerprint density at radius 2 is 1.34 bits per heavy atom. The Bertz CT molecular complexity index is 1740. The molecule has 0 aromatic heterocycles. The molecule has 6 rings (SSSR count). The second-order valence-electron chi connectivity index (χ2n) is 12.5. The Hall–Kier alpha value is -4.14. The first kappa shape index (κ1) is 32.8. The van der Waals surface area contributed by atoms with Crippen molar-refractivity contribution in [2.45, 2.75) is 59.2 Å². The minimum absolute atomic E-state index is 0.110. The van der Waals surface area contributed by atoms with Gasteiger partial charge in [-0.2, -0.15) is 8.78 Å². The lowest BCUT2D eigenvalue weighted by atomic mass is 9.89. The molecule has 0 bridgehead atoms. The summed E-state index contributed by atoms with van der Waals surface area (Å²) in [6, 6.07) is 22.7. The van der Waals surface area contributed by atoms with Crippen LogP contribution in [-0.2, 0) is 13.1 Å². The highest BCUT2D eigenvalue weighted by atomic mass is 19.3. The van der Waals surface area contributed by atoms with Crippen molar-refractivity contribution in [1.82, 2.24) is 9.80 Å². The monoisotopic (exact) mass is 641 g/mol. The van der Waals surface area contributed by atoms with Crippen LogP contribution in [0.5, 0.6) is 11.5 Å². The Balaban J connectivity index is 1.26. The fourth-order valence-electron chi connectivity index (χ4n) is 6.87. The van der Waals surface area contributed by atoms with E-state index in [1.807, 2.05) is 43.3 Å². The van der Waals surface area contributed by atoms with E-state index in [4.69, 9.17) is 9.47 Å². The Kier molecular flexibility index (Phi) is 10.3. The van der Waals surface area contributed by atoms with Crippen LogP contribution >= 0.6 is 0 Å². The third-order valence-electron chi connectivity index (χ3n) is 9.41. The summed E-state index contributed by atoms with van der Waals surface area (Å²) in [6.07, 6.45) is 4.56. The lowest BCUT2D eigenvalue weighted by Crippen LogP contribution is -2.19. The summed E-state index contributed by atoms with van der Waals surface area (Å²) in [5.41, 5.74) is 8.04. The van der Waals surface area contributed by atoms with Gasteiger partial charge in [-0.25, -0.2) is 4.39 Å². The molecule has 2 heterocycles. The molecule has 0 radical (unpaired) electrons. The summed E-state index contributed by atoms with van der Waals surface area (Å²) in [5, 5.41) is 0. The van der Waals surface area contributed by atoms with Crippen molar-refractivity contribution in [2.24, 2.45) is 4.99 Å². The number of hydrogen-bond donors (Lipinski definition) is 0. The number of rotatable bonds is 10. The average molecular weight is 642 g/mol. The third-order valence-corrected chi connectivity index (χ3v) is 9.41. The fraction of sp³-hybridized carbons (Fsp3) is 0.359. The first-order chi connectivity index (χ1) is 22.8. The number of alkyl halides is 2. The van der Waals surface area contributed by atoms with Crippen LogP contribution in [0.3, 0.4) is 0 Å². The van der Waals surface area contributed by atoms with E-state index >= 15 is 4.39 Å². The van der Waals surface area contributed by atoms with Gasteiger partial charge in [-0.15, -0.1) is 0 Å². The molecule has 5 nitrogen and oxygen atoms in total. The smallest absolute Gasteiger partial charge is 0.387 e. The second-order valence-corrected chi connectivity index (χ2v) is 12.5. The normalized spacial score (nSPS) is 15.9. The molecule has 246 valence electrons. The fourth-order valence-corrected chi connectivity index (χ4v) is 6.87. The zero-order valence-electron chi connectivity index (χ0n) is 27.4. The van der Waals surface area contributed by atoms with Gasteiger partial charge in [-0.1, -0.05) is 48.5 Å². The minimum atomic E-state index is -2.94. The van der Waals surface area contributed by atoms with Gasteiger partial charge in [0.1, 0.15) is 17.3 Å². The van der Waals surface area contributed by atoms with Crippen molar-refractivity contribution >= 4 is 5.90 Å². The number of benzene rings is 4. The van der Waals surface area contributed by atoms with Gasteiger partial charge in [-0.05, 0) is 117 Å². The van der Waals surface area contributed by atoms with Gasteiger partial charge in [0.15, 0.2) is 0 Å². The van der Waals surface area contributed by atoms with E-state index in [9.17, 15) is 8.78 Å². The van der Waals surface area contributed by atoms with Gasteiger partial charge in [0.05, 0.1) is 0 Å². The topological polar surface area (TPSA) is 37.3 Å². The first-order valence-corrected chi connectivity index (χ1v) is 16.5. The summed E-state index contributed by atoms with van der Waals surface area (Å²) < 4.78 is 53.1. The van der Waals surface area contributed by atoms with Gasteiger partial charge in [0.2, 0.25) is 5.90 Å². The molecule has 2 aliphatic heterocycles. The van der Waals surface area contributed by atoms with Crippen molar-refractivity contribution in [2.75, 3.05) is 33.2 Å². The number of aliphatic imine (C=N–C) groups is 1. The summed E-state index contributed by atoms with van der Waals surface area (Å²) in [7, 11) is 1.65. The second kappa shape index (κ2) is 14.7. The zero-order chi connectivity index (χ0) is 32.9. The number of likely N-dealkylation sites (tertiary alicyclic amines) is 2. The van der Waals surface area contributed by atoms with E-state index in [1.54, 1.807) is 25.2 Å². The average Bonchev–Trinajstić information content (AvgIpc) is 3.77. The van der Waals surface area contributed by atoms with Crippen LogP contribution in [0.2, 0.25) is 0 Å². The molecule has 0 N–H and O–H groups in total. The molecule has 0 amide bonds. The van der Waals surface area contributed by atoms with Crippen LogP contribution in [0.1, 0.15) is 53.5 Å². The van der Waals surface area contributed by atoms with Gasteiger partial charge >= 0.3 is 6.61 Å². The van der Waals surface area contributed by atoms with Crippen LogP contribution in [0.15, 0.2) is 77.8 Å². The van der Waals surface area contributed by atoms with Crippen LogP contribution in [0.4, 0.5) is 13.2 Å². The number of nitrogens with zero attached hydrogens (tertiary/aromatic N) is 3. The largest absolute Gasteiger partial charge is 0.439 e. The summed E-state index contributed by atoms with van der Waals surface area (Å²) in [6.45, 7) is 6.26. The molecule has 2 fully saturated rings. The lowest BCUT2D eigenvalue weighted by Gasteiger charge is -2.19. The van der Waals surface area contributed by atoms with Crippen molar-refractivity contribution in [3.05, 3.63) is 106 Å². The van der Waals surface area contributed by atoms with Crippen molar-refractivity contribution in [1.29, 1.82) is 0 Å². The SMILES string of the molecule is C/N=C(\Oc1ccc(CN2CCCC2)c(OC(F)F)c1)c1cccc(-c2cccc(-c3ccc(CN4CCCC4)c(F)c3)c2C)c1C. The molecule has 4 aromatic carbocycles. The predicted molar refractivity (Wildman–Crippen MR) is 182 cm³/mol. The molecule has 0 atom stereocenters. The molecule has 0 aliphatic carbocycles. The first-order valence-electron chi connectivity index (χ1n) is 16.5. The maximum absolute atomic E-state index is 15.3. The molecular formula is C39H42F3N3O2. The van der Waals surface area contributed by atoms with Gasteiger partial charge in [0.25, 0.3) is 0 Å². The van der Waals surface area contributed by atoms with E-state index in [0.717, 1.165) is 83.5 Å². The molecule has 47 heavy (non-hydrogen) atoms. The van der Waals surface area contributed by atoms with Crippen LogP contribution in [0, 0.1) is 19.7 Å². The van der Waals surface area contributed by atoms with Gasteiger partial charge in [0, 0.05) is 42.9 Å². The van der Waals surface area contributed by atoms with Gasteiger partial charge in [-0.3, -0.25) is 14.8 Å². The van der Waals surface area contributed by atoms with E-state index in [2.05, 4.69) is 33.8 Å². The number of ether oxygens (including phenoxy) is 2. The van der Waals surface area contributed by atoms with Crippen LogP contribution < -0.4 is 9.47 Å². The van der Waals surface area contributed by atoms with Crippen molar-refractivity contribution in [3.8, 4) is 33.8 Å². The molecular weight excluding hydrogens is 599 g/mol. The number of hydrogen-bond acceptors (Lipinski definition) is 5. The Morgan fingerprint density at radius 1 is 0.745 bits per heavy atom. The lowest BCUT2D eigenvalue weighted by molar-refractivity contribution is -0.0507. The highest BCUT2D eigenvalue weighted by Crippen LogP contribution is 2.36. The standard InChI is InChI=1S/C39H42F3N3O2/c1-26-32(28-14-15-29(36(40)22-28)24-44-18-4-5-19-44)10-8-11-33(26)34-12-9-13-35(27(34)2)38(43-3)46-31-17-16-30(25-45-20-6-7-21-45)37(23-31)47-39(41)42/h8-17,22-23,39H,4-7,18-21,24-25H2,1-3H3/b43-38-. The van der Waals surface area contributed by atoms with Crippen LogP contribution in [0.25, 0.3) is 22.3 Å².